The second-order valence-corrected chi connectivity index (χ2v) is 5.38. The number of hydrogen-bond acceptors (Lipinski definition) is 4. The number of nitrogens with one attached hydrogen (secondary N) is 1. The third-order valence-electron chi connectivity index (χ3n) is 2.49. The molecule has 0 aliphatic carbocycles. The van der Waals surface area contributed by atoms with Crippen molar-refractivity contribution in [2.75, 3.05) is 33.7 Å². The zero-order chi connectivity index (χ0) is 14.1. The van der Waals surface area contributed by atoms with Crippen molar-refractivity contribution >= 4 is 17.2 Å². The molecule has 3 N–H and O–H groups in total. The lowest BCUT2D eigenvalue weighted by atomic mass is 10.2. The number of carbonyl (C=O) groups is 1. The SMILES string of the molecule is CN(C)CCCCNC(=O)c1csc(C#CCN)c1. The average Bonchev–Trinajstić information content (AvgIpc) is 2.84. The van der Waals surface area contributed by atoms with E-state index in [0.29, 0.717) is 18.7 Å². The molecule has 0 aliphatic heterocycles. The van der Waals surface area contributed by atoms with Gasteiger partial charge in [-0.2, -0.15) is 0 Å². The van der Waals surface area contributed by atoms with Crippen molar-refractivity contribution in [2.45, 2.75) is 12.8 Å². The van der Waals surface area contributed by atoms with Gasteiger partial charge < -0.3 is 16.0 Å². The van der Waals surface area contributed by atoms with Gasteiger partial charge in [-0.3, -0.25) is 4.79 Å². The molecular formula is C14H21N3OS. The summed E-state index contributed by atoms with van der Waals surface area (Å²) in [6.45, 7) is 2.10. The van der Waals surface area contributed by atoms with Crippen molar-refractivity contribution in [3.05, 3.63) is 21.9 Å². The molecule has 1 rings (SSSR count). The monoisotopic (exact) mass is 279 g/mol. The largest absolute Gasteiger partial charge is 0.352 e. The smallest absolute Gasteiger partial charge is 0.252 e. The summed E-state index contributed by atoms with van der Waals surface area (Å²) in [6, 6.07) is 1.81. The maximum Gasteiger partial charge on any atom is 0.252 e. The minimum atomic E-state index is -0.0260. The van der Waals surface area contributed by atoms with Gasteiger partial charge in [0.25, 0.3) is 5.91 Å². The molecule has 1 aromatic heterocycles. The fourth-order valence-electron chi connectivity index (χ4n) is 1.52. The summed E-state index contributed by atoms with van der Waals surface area (Å²) in [6.07, 6.45) is 2.08. The van der Waals surface area contributed by atoms with Crippen molar-refractivity contribution in [2.24, 2.45) is 5.73 Å². The predicted molar refractivity (Wildman–Crippen MR) is 80.4 cm³/mol. The predicted octanol–water partition coefficient (Wildman–Crippen LogP) is 1.13. The van der Waals surface area contributed by atoms with Crippen LogP contribution in [0.5, 0.6) is 0 Å². The minimum Gasteiger partial charge on any atom is -0.352 e. The Morgan fingerprint density at radius 1 is 1.47 bits per heavy atom. The van der Waals surface area contributed by atoms with Crippen molar-refractivity contribution in [3.8, 4) is 11.8 Å². The van der Waals surface area contributed by atoms with Gasteiger partial charge in [0.05, 0.1) is 17.0 Å². The Labute approximate surface area is 119 Å². The normalized spacial score (nSPS) is 10.1. The number of amides is 1. The lowest BCUT2D eigenvalue weighted by Crippen LogP contribution is -2.24. The van der Waals surface area contributed by atoms with E-state index < -0.39 is 0 Å². The van der Waals surface area contributed by atoms with E-state index in [-0.39, 0.29) is 5.91 Å². The summed E-state index contributed by atoms with van der Waals surface area (Å²) >= 11 is 1.47. The van der Waals surface area contributed by atoms with Crippen LogP contribution in [0.3, 0.4) is 0 Å². The molecule has 0 saturated carbocycles. The molecule has 0 saturated heterocycles. The van der Waals surface area contributed by atoms with E-state index in [2.05, 4.69) is 22.1 Å². The molecule has 1 amide bonds. The molecule has 0 unspecified atom stereocenters. The quantitative estimate of drug-likeness (QED) is 0.606. The van der Waals surface area contributed by atoms with Crippen LogP contribution < -0.4 is 11.1 Å². The molecule has 0 fully saturated rings. The Bertz CT molecular complexity index is 457. The third kappa shape index (κ3) is 6.39. The molecule has 0 spiro atoms. The van der Waals surface area contributed by atoms with Gasteiger partial charge in [-0.1, -0.05) is 11.8 Å². The third-order valence-corrected chi connectivity index (χ3v) is 3.34. The number of nitrogens with two attached hydrogens (primary N) is 1. The van der Waals surface area contributed by atoms with E-state index in [1.807, 2.05) is 25.5 Å². The Morgan fingerprint density at radius 2 is 2.26 bits per heavy atom. The first-order valence-electron chi connectivity index (χ1n) is 6.34. The highest BCUT2D eigenvalue weighted by Gasteiger charge is 2.06. The molecular weight excluding hydrogens is 258 g/mol. The highest BCUT2D eigenvalue weighted by atomic mass is 32.1. The molecule has 0 bridgehead atoms. The van der Waals surface area contributed by atoms with Crippen molar-refractivity contribution in [1.29, 1.82) is 0 Å². The summed E-state index contributed by atoms with van der Waals surface area (Å²) in [5.41, 5.74) is 5.99. The van der Waals surface area contributed by atoms with Crippen LogP contribution in [0, 0.1) is 11.8 Å². The van der Waals surface area contributed by atoms with Crippen LogP contribution in [0.25, 0.3) is 0 Å². The van der Waals surface area contributed by atoms with Gasteiger partial charge in [-0.15, -0.1) is 11.3 Å². The molecule has 0 aliphatic rings. The molecule has 0 atom stereocenters. The lowest BCUT2D eigenvalue weighted by molar-refractivity contribution is 0.0953. The molecule has 19 heavy (non-hydrogen) atoms. The molecule has 0 aromatic carbocycles. The van der Waals surface area contributed by atoms with Gasteiger partial charge in [0.1, 0.15) is 0 Å². The van der Waals surface area contributed by atoms with Crippen LogP contribution >= 0.6 is 11.3 Å². The number of rotatable bonds is 6. The second-order valence-electron chi connectivity index (χ2n) is 4.47. The van der Waals surface area contributed by atoms with Gasteiger partial charge in [-0.25, -0.2) is 0 Å². The van der Waals surface area contributed by atoms with E-state index in [0.717, 1.165) is 24.3 Å². The maximum absolute atomic E-state index is 11.8. The Morgan fingerprint density at radius 3 is 2.95 bits per heavy atom. The summed E-state index contributed by atoms with van der Waals surface area (Å²) in [7, 11) is 4.10. The van der Waals surface area contributed by atoms with E-state index >= 15 is 0 Å². The summed E-state index contributed by atoms with van der Waals surface area (Å²) in [5, 5.41) is 4.75. The van der Waals surface area contributed by atoms with Crippen LogP contribution in [0.1, 0.15) is 28.1 Å². The van der Waals surface area contributed by atoms with E-state index in [9.17, 15) is 4.79 Å². The van der Waals surface area contributed by atoms with E-state index in [1.54, 1.807) is 0 Å². The minimum absolute atomic E-state index is 0.0260. The molecule has 4 nitrogen and oxygen atoms in total. The topological polar surface area (TPSA) is 58.4 Å². The van der Waals surface area contributed by atoms with Crippen molar-refractivity contribution in [3.63, 3.8) is 0 Å². The van der Waals surface area contributed by atoms with Gasteiger partial charge in [-0.05, 0) is 39.5 Å². The zero-order valence-corrected chi connectivity index (χ0v) is 12.3. The first-order chi connectivity index (χ1) is 9.13. The van der Waals surface area contributed by atoms with Crippen LogP contribution in [-0.4, -0.2) is 44.5 Å². The van der Waals surface area contributed by atoms with Gasteiger partial charge >= 0.3 is 0 Å². The fraction of sp³-hybridized carbons (Fsp3) is 0.500. The number of unbranched alkanes of at least 4 members (excludes halogenated alkanes) is 1. The zero-order valence-electron chi connectivity index (χ0n) is 11.5. The Balaban J connectivity index is 2.31. The standard InChI is InChI=1S/C14H21N3OS/c1-17(2)9-4-3-8-16-14(18)12-10-13(19-11-12)6-5-7-15/h10-11H,3-4,7-9,15H2,1-2H3,(H,16,18). The number of carbonyl (C=O) groups excluding carboxylic acids is 1. The first kappa shape index (κ1) is 15.7. The van der Waals surface area contributed by atoms with Gasteiger partial charge in [0.2, 0.25) is 0 Å². The highest BCUT2D eigenvalue weighted by molar-refractivity contribution is 7.10. The van der Waals surface area contributed by atoms with Crippen molar-refractivity contribution in [1.82, 2.24) is 10.2 Å². The molecule has 1 heterocycles. The molecule has 104 valence electrons. The van der Waals surface area contributed by atoms with Crippen LogP contribution in [-0.2, 0) is 0 Å². The van der Waals surface area contributed by atoms with E-state index in [4.69, 9.17) is 5.73 Å². The average molecular weight is 279 g/mol. The molecule has 0 radical (unpaired) electrons. The lowest BCUT2D eigenvalue weighted by Gasteiger charge is -2.09. The maximum atomic E-state index is 11.8. The summed E-state index contributed by atoms with van der Waals surface area (Å²) < 4.78 is 0. The van der Waals surface area contributed by atoms with Crippen LogP contribution in [0.4, 0.5) is 0 Å². The fourth-order valence-corrected chi connectivity index (χ4v) is 2.27. The summed E-state index contributed by atoms with van der Waals surface area (Å²) in [4.78, 5) is 14.9. The Hall–Kier alpha value is -1.35. The van der Waals surface area contributed by atoms with Crippen LogP contribution in [0.15, 0.2) is 11.4 Å². The Kier molecular flexibility index (Phi) is 7.19. The number of hydrogen-bond donors (Lipinski definition) is 2. The number of thiophene rings is 1. The van der Waals surface area contributed by atoms with E-state index in [1.165, 1.54) is 11.3 Å². The van der Waals surface area contributed by atoms with Crippen LogP contribution in [0.2, 0.25) is 0 Å². The summed E-state index contributed by atoms with van der Waals surface area (Å²) in [5.74, 6) is 5.68. The molecule has 1 aromatic rings. The number of nitrogens with zero attached hydrogens (tertiary/aromatic N) is 1. The van der Waals surface area contributed by atoms with Crippen molar-refractivity contribution < 1.29 is 4.79 Å². The van der Waals surface area contributed by atoms with Gasteiger partial charge in [0, 0.05) is 11.9 Å². The highest BCUT2D eigenvalue weighted by Crippen LogP contribution is 2.13. The van der Waals surface area contributed by atoms with Gasteiger partial charge in [0.15, 0.2) is 0 Å². The first-order valence-corrected chi connectivity index (χ1v) is 7.22. The second kappa shape index (κ2) is 8.70. The molecule has 5 heteroatoms.